The highest BCUT2D eigenvalue weighted by Gasteiger charge is 2.23. The molecule has 3 N–H and O–H groups in total. The summed E-state index contributed by atoms with van der Waals surface area (Å²) in [6, 6.07) is 0. The summed E-state index contributed by atoms with van der Waals surface area (Å²) in [4.78, 5) is 43.0. The third-order valence-corrected chi connectivity index (χ3v) is 11.0. The summed E-state index contributed by atoms with van der Waals surface area (Å²) < 4.78 is 26.3. The van der Waals surface area contributed by atoms with E-state index < -0.39 is 38.6 Å². The number of rotatable bonds is 42. The van der Waals surface area contributed by atoms with Crippen LogP contribution in [0, 0.1) is 5.92 Å². The Kier molecular flexibility index (Phi) is 40.2. The molecule has 0 saturated carbocycles. The van der Waals surface area contributed by atoms with Gasteiger partial charge in [0.05, 0.1) is 12.7 Å². The van der Waals surface area contributed by atoms with Gasteiger partial charge < -0.3 is 24.4 Å². The average molecular weight is 839 g/mol. The second-order valence-electron chi connectivity index (χ2n) is 16.2. The summed E-state index contributed by atoms with van der Waals surface area (Å²) in [5.41, 5.74) is 0. The predicted octanol–water partition coefficient (Wildman–Crippen LogP) is 13.5. The zero-order valence-corrected chi connectivity index (χ0v) is 38.1. The minimum Gasteiger partial charge on any atom is -0.462 e. The van der Waals surface area contributed by atoms with Gasteiger partial charge in [-0.15, -0.1) is 0 Å². The average Bonchev–Trinajstić information content (AvgIpc) is 3.19. The number of aliphatic hydroxyl groups is 1. The molecule has 0 aliphatic rings. The highest BCUT2D eigenvalue weighted by atomic mass is 31.2. The van der Waals surface area contributed by atoms with Gasteiger partial charge in [0.2, 0.25) is 0 Å². The van der Waals surface area contributed by atoms with Crippen molar-refractivity contribution in [2.75, 3.05) is 13.2 Å². The Morgan fingerprint density at radius 1 is 0.586 bits per heavy atom. The zero-order valence-electron chi connectivity index (χ0n) is 37.2. The molecule has 0 aliphatic heterocycles. The number of hydrogen-bond donors (Lipinski definition) is 3. The molecule has 0 aromatic rings. The molecule has 0 radical (unpaired) electrons. The van der Waals surface area contributed by atoms with Crippen LogP contribution in [0.25, 0.3) is 0 Å². The van der Waals surface area contributed by atoms with E-state index in [0.717, 1.165) is 44.4 Å². The molecule has 0 aromatic heterocycles. The topological polar surface area (TPSA) is 140 Å². The lowest BCUT2D eigenvalue weighted by Gasteiger charge is -2.18. The molecule has 0 rings (SSSR count). The van der Waals surface area contributed by atoms with E-state index in [2.05, 4.69) is 49.6 Å². The van der Waals surface area contributed by atoms with Crippen LogP contribution in [-0.2, 0) is 28.2 Å². The van der Waals surface area contributed by atoms with Crippen molar-refractivity contribution in [2.45, 2.75) is 226 Å². The van der Waals surface area contributed by atoms with Crippen LogP contribution < -0.4 is 0 Å². The second-order valence-corrected chi connectivity index (χ2v) is 17.4. The molecule has 0 amide bonds. The van der Waals surface area contributed by atoms with Gasteiger partial charge in [-0.3, -0.25) is 14.1 Å². The smallest absolute Gasteiger partial charge is 0.462 e. The van der Waals surface area contributed by atoms with E-state index in [1.165, 1.54) is 122 Å². The lowest BCUT2D eigenvalue weighted by molar-refractivity contribution is -0.161. The fourth-order valence-corrected chi connectivity index (χ4v) is 6.93. The molecule has 1 unspecified atom stereocenters. The second kappa shape index (κ2) is 41.7. The zero-order chi connectivity index (χ0) is 42.8. The number of aliphatic hydroxyl groups excluding tert-OH is 1. The van der Waals surface area contributed by atoms with Crippen LogP contribution in [0.1, 0.15) is 213 Å². The Labute approximate surface area is 355 Å². The Morgan fingerprint density at radius 2 is 1.10 bits per heavy atom. The molecule has 3 atom stereocenters. The molecule has 0 aliphatic carbocycles. The van der Waals surface area contributed by atoms with E-state index in [-0.39, 0.29) is 19.4 Å². The molecule has 338 valence electrons. The van der Waals surface area contributed by atoms with Gasteiger partial charge in [0.25, 0.3) is 0 Å². The van der Waals surface area contributed by atoms with Crippen molar-refractivity contribution in [1.29, 1.82) is 0 Å². The number of phosphoric ester groups is 1. The quantitative estimate of drug-likeness (QED) is 0.0180. The molecule has 10 heteroatoms. The fraction of sp³-hybridized carbons (Fsp3) is 0.792. The van der Waals surface area contributed by atoms with Crippen LogP contribution in [0.3, 0.4) is 0 Å². The number of carbonyl (C=O) groups is 2. The first-order valence-corrected chi connectivity index (χ1v) is 25.0. The van der Waals surface area contributed by atoms with Gasteiger partial charge in [-0.1, -0.05) is 204 Å². The van der Waals surface area contributed by atoms with Crippen molar-refractivity contribution in [3.05, 3.63) is 48.6 Å². The molecular formula is C48H87O9P. The van der Waals surface area contributed by atoms with Crippen LogP contribution in [0.2, 0.25) is 0 Å². The minimum atomic E-state index is -4.80. The highest BCUT2D eigenvalue weighted by Crippen LogP contribution is 2.36. The molecule has 0 heterocycles. The maximum Gasteiger partial charge on any atom is 0.469 e. The van der Waals surface area contributed by atoms with Gasteiger partial charge in [0.1, 0.15) is 6.61 Å². The normalized spacial score (nSPS) is 14.0. The standard InChI is InChI=1S/C48H87O9P/c1-4-6-7-8-9-10-11-18-22-25-28-31-34-38-45(49)39-36-41-47(50)55-42-46(43-56-58(52,53)54)57-48(51)40-35-32-29-26-23-20-17-15-13-12-14-16-19-21-24-27-30-33-37-44(3)5-2/h9-10,18,22,28,31,34,38,44-46,49H,4-8,11-17,19-21,23-27,29-30,32-33,35-37,39-43H2,1-3H3,(H2,52,53,54)/b10-9-,22-18-,31-28-,38-34+/t44?,45-,46-/m1/s1. The van der Waals surface area contributed by atoms with Crippen molar-refractivity contribution < 1.29 is 43.0 Å². The maximum absolute atomic E-state index is 12.5. The maximum atomic E-state index is 12.5. The van der Waals surface area contributed by atoms with Crippen molar-refractivity contribution in [1.82, 2.24) is 0 Å². The number of ether oxygens (including phenoxy) is 2. The predicted molar refractivity (Wildman–Crippen MR) is 240 cm³/mol. The lowest BCUT2D eigenvalue weighted by atomic mass is 9.99. The summed E-state index contributed by atoms with van der Waals surface area (Å²) in [7, 11) is -4.80. The Balaban J connectivity index is 4.00. The van der Waals surface area contributed by atoms with Gasteiger partial charge in [0.15, 0.2) is 6.10 Å². The SMILES string of the molecule is CCCCC/C=C\C/C=C\C/C=C\C=C\[C@@H](O)CCCC(=O)OC[C@H](COP(=O)(O)O)OC(=O)CCCCCCCCCCCCCCCCCCCCC(C)CC. The van der Waals surface area contributed by atoms with Crippen molar-refractivity contribution in [2.24, 2.45) is 5.92 Å². The summed E-state index contributed by atoms with van der Waals surface area (Å²) in [5, 5.41) is 10.2. The first-order valence-electron chi connectivity index (χ1n) is 23.4. The number of esters is 2. The molecule has 0 aromatic carbocycles. The highest BCUT2D eigenvalue weighted by molar-refractivity contribution is 7.46. The van der Waals surface area contributed by atoms with E-state index in [1.807, 2.05) is 12.2 Å². The van der Waals surface area contributed by atoms with Crippen LogP contribution in [-0.4, -0.2) is 52.3 Å². The third-order valence-electron chi connectivity index (χ3n) is 10.5. The molecule has 9 nitrogen and oxygen atoms in total. The van der Waals surface area contributed by atoms with Crippen LogP contribution in [0.4, 0.5) is 0 Å². The molecule has 0 spiro atoms. The Morgan fingerprint density at radius 3 is 1.66 bits per heavy atom. The molecule has 0 bridgehead atoms. The van der Waals surface area contributed by atoms with Crippen LogP contribution >= 0.6 is 7.82 Å². The molecular weight excluding hydrogens is 751 g/mol. The van der Waals surface area contributed by atoms with Gasteiger partial charge in [-0.25, -0.2) is 4.57 Å². The first kappa shape index (κ1) is 56.0. The Hall–Kier alpha value is -2.03. The van der Waals surface area contributed by atoms with Gasteiger partial charge >= 0.3 is 19.8 Å². The van der Waals surface area contributed by atoms with Gasteiger partial charge in [0, 0.05) is 12.8 Å². The van der Waals surface area contributed by atoms with Crippen LogP contribution in [0.15, 0.2) is 48.6 Å². The van der Waals surface area contributed by atoms with Crippen molar-refractivity contribution >= 4 is 19.8 Å². The van der Waals surface area contributed by atoms with E-state index in [0.29, 0.717) is 19.3 Å². The number of phosphoric acid groups is 1. The first-order chi connectivity index (χ1) is 28.1. The number of unbranched alkanes of at least 4 members (excludes halogenated alkanes) is 20. The van der Waals surface area contributed by atoms with E-state index in [4.69, 9.17) is 19.3 Å². The van der Waals surface area contributed by atoms with Crippen molar-refractivity contribution in [3.8, 4) is 0 Å². The minimum absolute atomic E-state index is 0.0393. The number of hydrogen-bond acceptors (Lipinski definition) is 7. The summed E-state index contributed by atoms with van der Waals surface area (Å²) in [5.74, 6) is -0.188. The third kappa shape index (κ3) is 43.5. The molecule has 0 fully saturated rings. The number of allylic oxidation sites excluding steroid dienone is 7. The summed E-state index contributed by atoms with van der Waals surface area (Å²) in [6.45, 7) is 5.90. The largest absolute Gasteiger partial charge is 0.469 e. The van der Waals surface area contributed by atoms with E-state index in [1.54, 1.807) is 12.2 Å². The number of carbonyl (C=O) groups excluding carboxylic acids is 2. The van der Waals surface area contributed by atoms with E-state index in [9.17, 15) is 19.3 Å². The van der Waals surface area contributed by atoms with Crippen LogP contribution in [0.5, 0.6) is 0 Å². The fourth-order valence-electron chi connectivity index (χ4n) is 6.57. The monoisotopic (exact) mass is 839 g/mol. The molecule has 58 heavy (non-hydrogen) atoms. The van der Waals surface area contributed by atoms with Crippen molar-refractivity contribution in [3.63, 3.8) is 0 Å². The summed E-state index contributed by atoms with van der Waals surface area (Å²) in [6.07, 6.45) is 47.2. The Bertz CT molecular complexity index is 1110. The lowest BCUT2D eigenvalue weighted by Crippen LogP contribution is -2.29. The summed E-state index contributed by atoms with van der Waals surface area (Å²) >= 11 is 0. The van der Waals surface area contributed by atoms with Gasteiger partial charge in [-0.2, -0.15) is 0 Å². The molecule has 0 saturated heterocycles. The van der Waals surface area contributed by atoms with Gasteiger partial charge in [-0.05, 0) is 50.9 Å². The van der Waals surface area contributed by atoms with E-state index >= 15 is 0 Å².